The molecular weight excluding hydrogens is 462 g/mol. The van der Waals surface area contributed by atoms with Gasteiger partial charge in [0.15, 0.2) is 0 Å². The average Bonchev–Trinajstić information content (AvgIpc) is 3.31. The molecular formula is C27H37N3O4S. The summed E-state index contributed by atoms with van der Waals surface area (Å²) in [5, 5.41) is 3.11. The Labute approximate surface area is 209 Å². The molecule has 1 amide bonds. The van der Waals surface area contributed by atoms with Gasteiger partial charge in [-0.15, -0.1) is 0 Å². The van der Waals surface area contributed by atoms with E-state index in [9.17, 15) is 13.2 Å². The Balaban J connectivity index is 1.48. The van der Waals surface area contributed by atoms with Crippen molar-refractivity contribution in [2.24, 2.45) is 11.8 Å². The van der Waals surface area contributed by atoms with Crippen molar-refractivity contribution in [1.29, 1.82) is 0 Å². The quantitative estimate of drug-likeness (QED) is 0.625. The minimum atomic E-state index is -3.78. The number of nitrogens with zero attached hydrogens (tertiary/aromatic N) is 2. The highest BCUT2D eigenvalue weighted by molar-refractivity contribution is 7.89. The van der Waals surface area contributed by atoms with E-state index in [1.54, 1.807) is 12.1 Å². The van der Waals surface area contributed by atoms with Crippen molar-refractivity contribution in [2.45, 2.75) is 50.6 Å². The second-order valence-electron chi connectivity index (χ2n) is 10.2. The molecule has 2 aliphatic rings. The van der Waals surface area contributed by atoms with Crippen molar-refractivity contribution in [3.05, 3.63) is 59.7 Å². The molecule has 1 N–H and O–H groups in total. The van der Waals surface area contributed by atoms with E-state index in [1.807, 2.05) is 18.2 Å². The molecule has 4 atom stereocenters. The van der Waals surface area contributed by atoms with Crippen molar-refractivity contribution in [3.8, 4) is 5.75 Å². The summed E-state index contributed by atoms with van der Waals surface area (Å²) in [5.41, 5.74) is 1.59. The van der Waals surface area contributed by atoms with Crippen molar-refractivity contribution in [1.82, 2.24) is 14.5 Å². The van der Waals surface area contributed by atoms with Crippen LogP contribution in [0.25, 0.3) is 0 Å². The van der Waals surface area contributed by atoms with Gasteiger partial charge in [-0.25, -0.2) is 8.42 Å². The number of piperidine rings is 1. The first-order chi connectivity index (χ1) is 16.7. The van der Waals surface area contributed by atoms with Crippen molar-refractivity contribution in [3.63, 3.8) is 0 Å². The molecule has 7 nitrogen and oxygen atoms in total. The highest BCUT2D eigenvalue weighted by Gasteiger charge is 2.34. The fourth-order valence-corrected chi connectivity index (χ4v) is 7.29. The number of methoxy groups -OCH3 is 1. The summed E-state index contributed by atoms with van der Waals surface area (Å²) in [7, 11) is -2.33. The van der Waals surface area contributed by atoms with Crippen LogP contribution in [0.5, 0.6) is 5.75 Å². The van der Waals surface area contributed by atoms with Crippen molar-refractivity contribution >= 4 is 15.9 Å². The number of sulfonamides is 1. The zero-order valence-electron chi connectivity index (χ0n) is 21.1. The predicted molar refractivity (Wildman–Crippen MR) is 137 cm³/mol. The monoisotopic (exact) mass is 499 g/mol. The number of ether oxygens (including phenoxy) is 1. The third-order valence-electron chi connectivity index (χ3n) is 7.26. The van der Waals surface area contributed by atoms with Crippen LogP contribution in [0.3, 0.4) is 0 Å². The Bertz CT molecular complexity index is 1130. The molecule has 35 heavy (non-hydrogen) atoms. The highest BCUT2D eigenvalue weighted by atomic mass is 32.2. The van der Waals surface area contributed by atoms with E-state index in [-0.39, 0.29) is 40.5 Å². The summed E-state index contributed by atoms with van der Waals surface area (Å²) in [6, 6.07) is 15.3. The van der Waals surface area contributed by atoms with Crippen LogP contribution in [0.2, 0.25) is 0 Å². The molecule has 0 aromatic heterocycles. The third kappa shape index (κ3) is 5.71. The number of benzene rings is 2. The summed E-state index contributed by atoms with van der Waals surface area (Å²) in [4.78, 5) is 15.5. The Morgan fingerprint density at radius 2 is 1.74 bits per heavy atom. The summed E-state index contributed by atoms with van der Waals surface area (Å²) in [6.45, 7) is 8.93. The van der Waals surface area contributed by atoms with Gasteiger partial charge in [0.05, 0.1) is 7.11 Å². The van der Waals surface area contributed by atoms with E-state index < -0.39 is 10.0 Å². The highest BCUT2D eigenvalue weighted by Crippen LogP contribution is 2.32. The third-order valence-corrected chi connectivity index (χ3v) is 9.12. The summed E-state index contributed by atoms with van der Waals surface area (Å²) >= 11 is 0. The van der Waals surface area contributed by atoms with Gasteiger partial charge in [-0.2, -0.15) is 4.31 Å². The first kappa shape index (κ1) is 25.7. The van der Waals surface area contributed by atoms with Gasteiger partial charge in [-0.3, -0.25) is 9.69 Å². The van der Waals surface area contributed by atoms with E-state index in [0.29, 0.717) is 18.7 Å². The molecule has 2 saturated heterocycles. The molecule has 0 spiro atoms. The van der Waals surface area contributed by atoms with Gasteiger partial charge < -0.3 is 10.1 Å². The topological polar surface area (TPSA) is 79.0 Å². The van der Waals surface area contributed by atoms with E-state index in [2.05, 4.69) is 43.1 Å². The minimum Gasteiger partial charge on any atom is -0.495 e. The fourth-order valence-electron chi connectivity index (χ4n) is 5.43. The van der Waals surface area contributed by atoms with Crippen LogP contribution in [-0.2, 0) is 10.0 Å². The van der Waals surface area contributed by atoms with Crippen molar-refractivity contribution in [2.75, 3.05) is 33.3 Å². The molecule has 2 fully saturated rings. The van der Waals surface area contributed by atoms with Crippen LogP contribution in [0.4, 0.5) is 0 Å². The lowest BCUT2D eigenvalue weighted by molar-refractivity contribution is 0.0936. The Morgan fingerprint density at radius 1 is 1.06 bits per heavy atom. The largest absolute Gasteiger partial charge is 0.495 e. The molecule has 4 unspecified atom stereocenters. The second kappa shape index (κ2) is 10.7. The van der Waals surface area contributed by atoms with Crippen LogP contribution in [0, 0.1) is 11.8 Å². The standard InChI is InChI=1S/C27H37N3O4S/c1-19-14-20(2)17-30(16-19)35(32,33)26-15-23(10-11-25(26)34-4)27(31)28-24-12-13-29(18-24)21(3)22-8-6-5-7-9-22/h5-11,15,19-21,24H,12-14,16-18H2,1-4H3,(H,28,31). The van der Waals surface area contributed by atoms with E-state index in [4.69, 9.17) is 4.74 Å². The SMILES string of the molecule is COc1ccc(C(=O)NC2CCN(C(C)c3ccccc3)C2)cc1S(=O)(=O)N1CC(C)CC(C)C1. The number of amides is 1. The van der Waals surface area contributed by atoms with E-state index in [1.165, 1.54) is 23.0 Å². The van der Waals surface area contributed by atoms with Gasteiger partial charge in [-0.05, 0) is 55.4 Å². The Kier molecular flexibility index (Phi) is 7.83. The van der Waals surface area contributed by atoms with Crippen LogP contribution in [0.1, 0.15) is 55.6 Å². The zero-order chi connectivity index (χ0) is 25.2. The number of rotatable bonds is 7. The zero-order valence-corrected chi connectivity index (χ0v) is 21.9. The van der Waals surface area contributed by atoms with Gasteiger partial charge >= 0.3 is 0 Å². The summed E-state index contributed by atoms with van der Waals surface area (Å²) < 4.78 is 34.0. The van der Waals surface area contributed by atoms with Gasteiger partial charge in [0, 0.05) is 43.8 Å². The van der Waals surface area contributed by atoms with E-state index in [0.717, 1.165) is 25.9 Å². The predicted octanol–water partition coefficient (Wildman–Crippen LogP) is 3.93. The molecule has 0 saturated carbocycles. The van der Waals surface area contributed by atoms with Crippen LogP contribution >= 0.6 is 0 Å². The van der Waals surface area contributed by atoms with Crippen LogP contribution in [-0.4, -0.2) is 62.9 Å². The maximum Gasteiger partial charge on any atom is 0.251 e. The van der Waals surface area contributed by atoms with Gasteiger partial charge in [-0.1, -0.05) is 44.2 Å². The normalized spacial score (nSPS) is 24.7. The first-order valence-electron chi connectivity index (χ1n) is 12.5. The number of likely N-dealkylation sites (tertiary alicyclic amines) is 1. The van der Waals surface area contributed by atoms with Gasteiger partial charge in [0.25, 0.3) is 5.91 Å². The van der Waals surface area contributed by atoms with Crippen LogP contribution in [0.15, 0.2) is 53.4 Å². The fraction of sp³-hybridized carbons (Fsp3) is 0.519. The maximum absolute atomic E-state index is 13.5. The summed E-state index contributed by atoms with van der Waals surface area (Å²) in [6.07, 6.45) is 1.86. The number of hydrogen-bond acceptors (Lipinski definition) is 5. The molecule has 0 aliphatic carbocycles. The lowest BCUT2D eigenvalue weighted by Gasteiger charge is -2.34. The van der Waals surface area contributed by atoms with Gasteiger partial charge in [0.1, 0.15) is 10.6 Å². The van der Waals surface area contributed by atoms with Crippen molar-refractivity contribution < 1.29 is 17.9 Å². The molecule has 4 rings (SSSR count). The number of hydrogen-bond donors (Lipinski definition) is 1. The molecule has 0 bridgehead atoms. The Hall–Kier alpha value is -2.42. The molecule has 2 heterocycles. The average molecular weight is 500 g/mol. The molecule has 2 aromatic carbocycles. The van der Waals surface area contributed by atoms with E-state index >= 15 is 0 Å². The Morgan fingerprint density at radius 3 is 2.40 bits per heavy atom. The number of carbonyl (C=O) groups excluding carboxylic acids is 1. The van der Waals surface area contributed by atoms with Gasteiger partial charge in [0.2, 0.25) is 10.0 Å². The summed E-state index contributed by atoms with van der Waals surface area (Å²) in [5.74, 6) is 0.573. The lowest BCUT2D eigenvalue weighted by Crippen LogP contribution is -2.42. The lowest BCUT2D eigenvalue weighted by atomic mass is 9.94. The number of nitrogens with one attached hydrogen (secondary N) is 1. The minimum absolute atomic E-state index is 0.0135. The smallest absolute Gasteiger partial charge is 0.251 e. The molecule has 0 radical (unpaired) electrons. The first-order valence-corrected chi connectivity index (χ1v) is 13.9. The molecule has 2 aromatic rings. The van der Waals surface area contributed by atoms with Crippen LogP contribution < -0.4 is 10.1 Å². The second-order valence-corrected chi connectivity index (χ2v) is 12.1. The maximum atomic E-state index is 13.5. The molecule has 8 heteroatoms. The number of carbonyl (C=O) groups is 1. The molecule has 2 aliphatic heterocycles. The molecule has 190 valence electrons.